The molecule has 0 amide bonds. The van der Waals surface area contributed by atoms with Crippen molar-refractivity contribution in [2.45, 2.75) is 30.5 Å². The predicted octanol–water partition coefficient (Wildman–Crippen LogP) is 2.34. The normalized spacial score (nSPS) is 12.0. The molecular weight excluding hydrogens is 159 g/mol. The van der Waals surface area contributed by atoms with Crippen LogP contribution in [-0.4, -0.2) is 16.0 Å². The molecule has 9 heavy (non-hydrogen) atoms. The van der Waals surface area contributed by atoms with Crippen LogP contribution in [0.2, 0.25) is 0 Å². The monoisotopic (exact) mass is 170 g/mol. The maximum atomic E-state index is 8.56. The third-order valence-corrected chi connectivity index (χ3v) is 1.74. The van der Waals surface area contributed by atoms with Crippen molar-refractivity contribution in [3.8, 4) is 0 Å². The van der Waals surface area contributed by atoms with Gasteiger partial charge in [-0.3, -0.25) is 0 Å². The second-order valence-electron chi connectivity index (χ2n) is 2.12. The van der Waals surface area contributed by atoms with Gasteiger partial charge in [0.2, 0.25) is 0 Å². The van der Waals surface area contributed by atoms with E-state index in [0.29, 0.717) is 6.42 Å². The highest BCUT2D eigenvalue weighted by atomic mass is 35.5. The molecule has 0 heterocycles. The Morgan fingerprint density at radius 3 is 2.33 bits per heavy atom. The van der Waals surface area contributed by atoms with Gasteiger partial charge in [-0.1, -0.05) is 43.0 Å². The Kier molecular flexibility index (Phi) is 4.63. The van der Waals surface area contributed by atoms with Gasteiger partial charge in [0.15, 0.2) is 0 Å². The summed E-state index contributed by atoms with van der Waals surface area (Å²) in [6.45, 7) is 1.90. The molecule has 0 rings (SSSR count). The van der Waals surface area contributed by atoms with Gasteiger partial charge < -0.3 is 5.11 Å². The molecule has 0 spiro atoms. The molecule has 0 aliphatic rings. The van der Waals surface area contributed by atoms with Gasteiger partial charge in [-0.2, -0.15) is 0 Å². The summed E-state index contributed by atoms with van der Waals surface area (Å²) >= 11 is 11.2. The van der Waals surface area contributed by atoms with Gasteiger partial charge in [-0.05, 0) is 6.42 Å². The highest BCUT2D eigenvalue weighted by molar-refractivity contribution is 6.48. The molecule has 56 valence electrons. The van der Waals surface area contributed by atoms with Crippen molar-refractivity contribution in [1.29, 1.82) is 0 Å². The van der Waals surface area contributed by atoms with Gasteiger partial charge in [-0.25, -0.2) is 0 Å². The van der Waals surface area contributed by atoms with Crippen LogP contribution >= 0.6 is 23.2 Å². The minimum absolute atomic E-state index is 0.157. The first-order chi connectivity index (χ1) is 4.12. The molecule has 0 radical (unpaired) electrons. The van der Waals surface area contributed by atoms with E-state index in [-0.39, 0.29) is 6.61 Å². The highest BCUT2D eigenvalue weighted by Crippen LogP contribution is 2.26. The van der Waals surface area contributed by atoms with E-state index in [4.69, 9.17) is 28.3 Å². The minimum Gasteiger partial charge on any atom is -0.393 e. The Morgan fingerprint density at radius 1 is 1.44 bits per heavy atom. The Labute approximate surface area is 66.0 Å². The number of aliphatic hydroxyl groups excluding tert-OH is 1. The van der Waals surface area contributed by atoms with Gasteiger partial charge in [0.05, 0.1) is 6.61 Å². The molecular formula is C6H12Cl2O. The molecule has 0 saturated carbocycles. The lowest BCUT2D eigenvalue weighted by Crippen LogP contribution is -2.17. The maximum Gasteiger partial charge on any atom is 0.141 e. The zero-order valence-electron chi connectivity index (χ0n) is 5.53. The third-order valence-electron chi connectivity index (χ3n) is 1.13. The first-order valence-electron chi connectivity index (χ1n) is 3.11. The Bertz CT molecular complexity index is 73.5. The van der Waals surface area contributed by atoms with E-state index >= 15 is 0 Å². The van der Waals surface area contributed by atoms with Crippen LogP contribution in [0.4, 0.5) is 0 Å². The molecule has 0 saturated heterocycles. The van der Waals surface area contributed by atoms with E-state index in [1.54, 1.807) is 0 Å². The predicted molar refractivity (Wildman–Crippen MR) is 41.0 cm³/mol. The zero-order chi connectivity index (χ0) is 7.33. The summed E-state index contributed by atoms with van der Waals surface area (Å²) in [6, 6.07) is 0. The minimum atomic E-state index is -0.907. The lowest BCUT2D eigenvalue weighted by molar-refractivity contribution is 0.272. The average Bonchev–Trinajstić information content (AvgIpc) is 1.84. The largest absolute Gasteiger partial charge is 0.393 e. The number of alkyl halides is 2. The van der Waals surface area contributed by atoms with Crippen molar-refractivity contribution in [3.63, 3.8) is 0 Å². The second-order valence-corrected chi connectivity index (χ2v) is 3.76. The molecule has 0 aromatic rings. The van der Waals surface area contributed by atoms with E-state index in [1.165, 1.54) is 0 Å². The summed E-state index contributed by atoms with van der Waals surface area (Å²) in [6.07, 6.45) is 2.69. The lowest BCUT2D eigenvalue weighted by Gasteiger charge is -2.14. The van der Waals surface area contributed by atoms with Crippen LogP contribution in [0, 0.1) is 0 Å². The SMILES string of the molecule is CCCCC(Cl)(Cl)CO. The first-order valence-corrected chi connectivity index (χ1v) is 3.86. The number of aliphatic hydroxyl groups is 1. The number of hydrogen-bond acceptors (Lipinski definition) is 1. The smallest absolute Gasteiger partial charge is 0.141 e. The molecule has 0 aliphatic carbocycles. The zero-order valence-corrected chi connectivity index (χ0v) is 7.04. The Hall–Kier alpha value is 0.540. The summed E-state index contributed by atoms with van der Waals surface area (Å²) in [7, 11) is 0. The number of halogens is 2. The molecule has 0 aromatic heterocycles. The summed E-state index contributed by atoms with van der Waals surface area (Å²) < 4.78 is -0.907. The standard InChI is InChI=1S/C6H12Cl2O/c1-2-3-4-6(7,8)5-9/h9H,2-5H2,1H3. The quantitative estimate of drug-likeness (QED) is 0.643. The molecule has 0 aliphatic heterocycles. The van der Waals surface area contributed by atoms with Crippen LogP contribution in [0.5, 0.6) is 0 Å². The Balaban J connectivity index is 3.33. The van der Waals surface area contributed by atoms with E-state index < -0.39 is 4.33 Å². The van der Waals surface area contributed by atoms with Crippen LogP contribution in [0.15, 0.2) is 0 Å². The van der Waals surface area contributed by atoms with Crippen molar-refractivity contribution in [2.24, 2.45) is 0 Å². The van der Waals surface area contributed by atoms with Crippen LogP contribution in [0.25, 0.3) is 0 Å². The van der Waals surface area contributed by atoms with Crippen molar-refractivity contribution < 1.29 is 5.11 Å². The van der Waals surface area contributed by atoms with E-state index in [1.807, 2.05) is 0 Å². The number of rotatable bonds is 4. The van der Waals surface area contributed by atoms with Crippen molar-refractivity contribution >= 4 is 23.2 Å². The molecule has 0 unspecified atom stereocenters. The fraction of sp³-hybridized carbons (Fsp3) is 1.00. The summed E-state index contributed by atoms with van der Waals surface area (Å²) in [5, 5.41) is 8.56. The van der Waals surface area contributed by atoms with E-state index in [0.717, 1.165) is 12.8 Å². The fourth-order valence-corrected chi connectivity index (χ4v) is 0.782. The molecule has 1 N–H and O–H groups in total. The first kappa shape index (κ1) is 9.54. The lowest BCUT2D eigenvalue weighted by atomic mass is 10.2. The molecule has 0 bridgehead atoms. The Morgan fingerprint density at radius 2 is 2.00 bits per heavy atom. The van der Waals surface area contributed by atoms with Gasteiger partial charge in [0.1, 0.15) is 4.33 Å². The van der Waals surface area contributed by atoms with Crippen molar-refractivity contribution in [2.75, 3.05) is 6.61 Å². The van der Waals surface area contributed by atoms with Crippen LogP contribution in [0.1, 0.15) is 26.2 Å². The summed E-state index contributed by atoms with van der Waals surface area (Å²) in [5.74, 6) is 0. The van der Waals surface area contributed by atoms with E-state index in [2.05, 4.69) is 6.92 Å². The highest BCUT2D eigenvalue weighted by Gasteiger charge is 2.20. The number of unbranched alkanes of at least 4 members (excludes halogenated alkanes) is 1. The third kappa shape index (κ3) is 5.01. The van der Waals surface area contributed by atoms with Crippen molar-refractivity contribution in [3.05, 3.63) is 0 Å². The molecule has 3 heteroatoms. The fourth-order valence-electron chi connectivity index (χ4n) is 0.514. The van der Waals surface area contributed by atoms with Gasteiger partial charge >= 0.3 is 0 Å². The van der Waals surface area contributed by atoms with Crippen LogP contribution in [0.3, 0.4) is 0 Å². The average molecular weight is 171 g/mol. The molecule has 0 aromatic carbocycles. The van der Waals surface area contributed by atoms with Crippen molar-refractivity contribution in [1.82, 2.24) is 0 Å². The van der Waals surface area contributed by atoms with Crippen LogP contribution in [-0.2, 0) is 0 Å². The molecule has 0 fully saturated rings. The summed E-state index contributed by atoms with van der Waals surface area (Å²) in [4.78, 5) is 0. The van der Waals surface area contributed by atoms with E-state index in [9.17, 15) is 0 Å². The maximum absolute atomic E-state index is 8.56. The molecule has 0 atom stereocenters. The van der Waals surface area contributed by atoms with Crippen LogP contribution < -0.4 is 0 Å². The van der Waals surface area contributed by atoms with Gasteiger partial charge in [0, 0.05) is 0 Å². The van der Waals surface area contributed by atoms with Gasteiger partial charge in [0.25, 0.3) is 0 Å². The molecule has 1 nitrogen and oxygen atoms in total. The number of hydrogen-bond donors (Lipinski definition) is 1. The second kappa shape index (κ2) is 4.37. The topological polar surface area (TPSA) is 20.2 Å². The van der Waals surface area contributed by atoms with Gasteiger partial charge in [-0.15, -0.1) is 0 Å². The summed E-state index contributed by atoms with van der Waals surface area (Å²) in [5.41, 5.74) is 0.